The molecule has 1 aromatic carbocycles. The maximum Gasteiger partial charge on any atom is 0.253 e. The van der Waals surface area contributed by atoms with Crippen LogP contribution in [0.15, 0.2) is 24.3 Å². The van der Waals surface area contributed by atoms with E-state index in [4.69, 9.17) is 9.47 Å². The number of benzene rings is 1. The van der Waals surface area contributed by atoms with E-state index in [1.807, 2.05) is 36.2 Å². The summed E-state index contributed by atoms with van der Waals surface area (Å²) in [7, 11) is 3.53. The lowest BCUT2D eigenvalue weighted by Crippen LogP contribution is -2.43. The van der Waals surface area contributed by atoms with Crippen molar-refractivity contribution >= 4 is 18.3 Å². The van der Waals surface area contributed by atoms with Crippen LogP contribution in [0.1, 0.15) is 23.2 Å². The van der Waals surface area contributed by atoms with Gasteiger partial charge in [0.2, 0.25) is 0 Å². The largest absolute Gasteiger partial charge is 0.491 e. The summed E-state index contributed by atoms with van der Waals surface area (Å²) >= 11 is 0. The Balaban J connectivity index is 0.00000242. The molecule has 1 saturated heterocycles. The van der Waals surface area contributed by atoms with Crippen LogP contribution in [0.5, 0.6) is 5.75 Å². The highest BCUT2D eigenvalue weighted by molar-refractivity contribution is 5.94. The number of rotatable bonds is 6. The molecule has 0 spiro atoms. The second-order valence-electron chi connectivity index (χ2n) is 5.26. The molecule has 1 aliphatic heterocycles. The van der Waals surface area contributed by atoms with Gasteiger partial charge in [-0.25, -0.2) is 0 Å². The maximum absolute atomic E-state index is 12.5. The fourth-order valence-electron chi connectivity index (χ4n) is 2.50. The highest BCUT2D eigenvalue weighted by Gasteiger charge is 2.22. The van der Waals surface area contributed by atoms with Crippen LogP contribution < -0.4 is 10.1 Å². The van der Waals surface area contributed by atoms with Crippen molar-refractivity contribution in [2.75, 3.05) is 40.5 Å². The molecule has 1 aliphatic rings. The normalized spacial score (nSPS) is 15.0. The average molecular weight is 329 g/mol. The zero-order valence-electron chi connectivity index (χ0n) is 13.2. The van der Waals surface area contributed by atoms with Gasteiger partial charge in [0, 0.05) is 25.8 Å². The molecule has 124 valence electrons. The highest BCUT2D eigenvalue weighted by atomic mass is 35.5. The van der Waals surface area contributed by atoms with Gasteiger partial charge in [0.15, 0.2) is 0 Å². The monoisotopic (exact) mass is 328 g/mol. The van der Waals surface area contributed by atoms with Gasteiger partial charge < -0.3 is 19.7 Å². The van der Waals surface area contributed by atoms with Crippen LogP contribution in [-0.4, -0.2) is 57.3 Å². The summed E-state index contributed by atoms with van der Waals surface area (Å²) in [5, 5.41) is 3.32. The van der Waals surface area contributed by atoms with Crippen molar-refractivity contribution in [3.63, 3.8) is 0 Å². The Morgan fingerprint density at radius 1 is 1.23 bits per heavy atom. The van der Waals surface area contributed by atoms with E-state index in [1.54, 1.807) is 7.11 Å². The number of nitrogens with zero attached hydrogens (tertiary/aromatic N) is 1. The Morgan fingerprint density at radius 3 is 2.45 bits per heavy atom. The van der Waals surface area contributed by atoms with Crippen LogP contribution in [0.25, 0.3) is 0 Å². The molecule has 0 radical (unpaired) electrons. The number of hydrogen-bond donors (Lipinski definition) is 1. The zero-order chi connectivity index (χ0) is 15.1. The van der Waals surface area contributed by atoms with Gasteiger partial charge in [0.25, 0.3) is 5.91 Å². The fraction of sp³-hybridized carbons (Fsp3) is 0.562. The minimum Gasteiger partial charge on any atom is -0.491 e. The molecule has 1 N–H and O–H groups in total. The number of hydrogen-bond acceptors (Lipinski definition) is 4. The van der Waals surface area contributed by atoms with E-state index >= 15 is 0 Å². The van der Waals surface area contributed by atoms with Gasteiger partial charge in [0.1, 0.15) is 12.4 Å². The Morgan fingerprint density at radius 2 is 1.86 bits per heavy atom. The summed E-state index contributed by atoms with van der Waals surface area (Å²) in [6.45, 7) is 3.03. The number of ether oxygens (including phenoxy) is 2. The van der Waals surface area contributed by atoms with Gasteiger partial charge in [-0.05, 0) is 50.2 Å². The molecule has 0 bridgehead atoms. The third kappa shape index (κ3) is 5.16. The van der Waals surface area contributed by atoms with Crippen molar-refractivity contribution < 1.29 is 14.3 Å². The summed E-state index contributed by atoms with van der Waals surface area (Å²) in [5.74, 6) is 0.832. The predicted molar refractivity (Wildman–Crippen MR) is 89.0 cm³/mol. The Kier molecular flexibility index (Phi) is 8.24. The third-order valence-electron chi connectivity index (χ3n) is 3.83. The second kappa shape index (κ2) is 9.66. The Bertz CT molecular complexity index is 447. The van der Waals surface area contributed by atoms with E-state index in [2.05, 4.69) is 5.32 Å². The Hall–Kier alpha value is -1.30. The minimum atomic E-state index is 0. The molecule has 22 heavy (non-hydrogen) atoms. The lowest BCUT2D eigenvalue weighted by molar-refractivity contribution is 0.0703. The molecular weight excluding hydrogens is 304 g/mol. The van der Waals surface area contributed by atoms with Gasteiger partial charge in [0.05, 0.1) is 6.61 Å². The zero-order valence-corrected chi connectivity index (χ0v) is 14.0. The smallest absolute Gasteiger partial charge is 0.253 e. The van der Waals surface area contributed by atoms with E-state index in [0.717, 1.165) is 31.7 Å². The molecule has 0 atom stereocenters. The van der Waals surface area contributed by atoms with Crippen LogP contribution in [0.2, 0.25) is 0 Å². The first kappa shape index (κ1) is 18.7. The van der Waals surface area contributed by atoms with Gasteiger partial charge in [-0.1, -0.05) is 0 Å². The van der Waals surface area contributed by atoms with Gasteiger partial charge >= 0.3 is 0 Å². The van der Waals surface area contributed by atoms with Gasteiger partial charge in [-0.2, -0.15) is 0 Å². The number of halogens is 1. The SMILES string of the molecule is COCCOc1ccc(C(=O)N(C)C2CCNCC2)cc1.Cl. The van der Waals surface area contributed by atoms with E-state index in [-0.39, 0.29) is 18.3 Å². The summed E-state index contributed by atoms with van der Waals surface area (Å²) in [5.41, 5.74) is 0.704. The molecule has 2 rings (SSSR count). The van der Waals surface area contributed by atoms with E-state index in [0.29, 0.717) is 24.8 Å². The van der Waals surface area contributed by atoms with E-state index in [1.165, 1.54) is 0 Å². The first-order chi connectivity index (χ1) is 10.2. The standard InChI is InChI=1S/C16H24N2O3.ClH/c1-18(14-7-9-17-10-8-14)16(19)13-3-5-15(6-4-13)21-12-11-20-2;/h3-6,14,17H,7-12H2,1-2H3;1H. The van der Waals surface area contributed by atoms with Crippen molar-refractivity contribution in [3.8, 4) is 5.75 Å². The summed E-state index contributed by atoms with van der Waals surface area (Å²) in [6, 6.07) is 7.64. The molecule has 6 heteroatoms. The molecule has 1 heterocycles. The molecule has 1 aromatic rings. The van der Waals surface area contributed by atoms with Crippen molar-refractivity contribution in [2.45, 2.75) is 18.9 Å². The van der Waals surface area contributed by atoms with Crippen LogP contribution in [0, 0.1) is 0 Å². The maximum atomic E-state index is 12.5. The average Bonchev–Trinajstić information content (AvgIpc) is 2.55. The van der Waals surface area contributed by atoms with Gasteiger partial charge in [-0.3, -0.25) is 4.79 Å². The van der Waals surface area contributed by atoms with Crippen molar-refractivity contribution in [1.29, 1.82) is 0 Å². The molecule has 1 amide bonds. The van der Waals surface area contributed by atoms with Crippen molar-refractivity contribution in [1.82, 2.24) is 10.2 Å². The van der Waals surface area contributed by atoms with Crippen LogP contribution >= 0.6 is 12.4 Å². The topological polar surface area (TPSA) is 50.8 Å². The number of piperidine rings is 1. The Labute approximate surface area is 138 Å². The number of methoxy groups -OCH3 is 1. The molecule has 0 aromatic heterocycles. The van der Waals surface area contributed by atoms with Crippen LogP contribution in [0.3, 0.4) is 0 Å². The highest BCUT2D eigenvalue weighted by Crippen LogP contribution is 2.17. The second-order valence-corrected chi connectivity index (χ2v) is 5.26. The van der Waals surface area contributed by atoms with Crippen molar-refractivity contribution in [2.24, 2.45) is 0 Å². The first-order valence-electron chi connectivity index (χ1n) is 7.42. The van der Waals surface area contributed by atoms with E-state index < -0.39 is 0 Å². The third-order valence-corrected chi connectivity index (χ3v) is 3.83. The number of carbonyl (C=O) groups excluding carboxylic acids is 1. The lowest BCUT2D eigenvalue weighted by Gasteiger charge is -2.31. The molecule has 5 nitrogen and oxygen atoms in total. The van der Waals surface area contributed by atoms with Crippen LogP contribution in [-0.2, 0) is 4.74 Å². The number of carbonyl (C=O) groups is 1. The molecule has 1 fully saturated rings. The van der Waals surface area contributed by atoms with Gasteiger partial charge in [-0.15, -0.1) is 12.4 Å². The number of amides is 1. The summed E-state index contributed by atoms with van der Waals surface area (Å²) in [6.07, 6.45) is 2.03. The fourth-order valence-corrected chi connectivity index (χ4v) is 2.50. The van der Waals surface area contributed by atoms with E-state index in [9.17, 15) is 4.79 Å². The summed E-state index contributed by atoms with van der Waals surface area (Å²) in [4.78, 5) is 14.3. The summed E-state index contributed by atoms with van der Waals surface area (Å²) < 4.78 is 10.4. The lowest BCUT2D eigenvalue weighted by atomic mass is 10.0. The molecule has 0 saturated carbocycles. The number of nitrogens with one attached hydrogen (secondary N) is 1. The quantitative estimate of drug-likeness (QED) is 0.811. The molecule has 0 aliphatic carbocycles. The minimum absolute atomic E-state index is 0. The first-order valence-corrected chi connectivity index (χ1v) is 7.42. The van der Waals surface area contributed by atoms with Crippen LogP contribution in [0.4, 0.5) is 0 Å². The molecular formula is C16H25ClN2O3. The molecule has 0 unspecified atom stereocenters. The van der Waals surface area contributed by atoms with Crippen molar-refractivity contribution in [3.05, 3.63) is 29.8 Å². The predicted octanol–water partition coefficient (Wildman–Crippen LogP) is 1.96.